The largest absolute Gasteiger partial charge is 0.460 e. The summed E-state index contributed by atoms with van der Waals surface area (Å²) < 4.78 is 24.8. The highest BCUT2D eigenvalue weighted by Crippen LogP contribution is 2.35. The highest BCUT2D eigenvalue weighted by Gasteiger charge is 2.27. The second-order valence-corrected chi connectivity index (χ2v) is 10.4. The number of benzene rings is 2. The average Bonchev–Trinajstić information content (AvgIpc) is 2.92. The van der Waals surface area contributed by atoms with Crippen LogP contribution >= 0.6 is 0 Å². The summed E-state index contributed by atoms with van der Waals surface area (Å²) in [7, 11) is 0. The molecule has 0 spiro atoms. The van der Waals surface area contributed by atoms with E-state index in [9.17, 15) is 14.0 Å². The standard InChI is InChI=1S/C32H43FO4/c1-4-6-7-8-10-23(3)36-31(34)28-17-15-26(16-18-28)24-11-13-25(14-12-24)27-19-21-29(22-20-27)37-32(35)30(33)9-5-2/h11-18,23,27,29-30H,4-10,19-22H2,1-3H3/t23-,27?,29?,30+/m1/s1. The Balaban J connectivity index is 1.48. The molecule has 1 aliphatic carbocycles. The molecule has 0 saturated heterocycles. The second kappa shape index (κ2) is 14.9. The predicted octanol–water partition coefficient (Wildman–Crippen LogP) is 8.58. The smallest absolute Gasteiger partial charge is 0.340 e. The molecule has 2 aromatic carbocycles. The minimum Gasteiger partial charge on any atom is -0.460 e. The van der Waals surface area contributed by atoms with E-state index in [0.717, 1.165) is 49.7 Å². The van der Waals surface area contributed by atoms with Gasteiger partial charge in [0, 0.05) is 0 Å². The Kier molecular flexibility index (Phi) is 11.6. The van der Waals surface area contributed by atoms with Gasteiger partial charge in [-0.25, -0.2) is 14.0 Å². The molecule has 37 heavy (non-hydrogen) atoms. The number of ether oxygens (including phenoxy) is 2. The van der Waals surface area contributed by atoms with Gasteiger partial charge in [0.15, 0.2) is 6.17 Å². The van der Waals surface area contributed by atoms with Gasteiger partial charge in [-0.05, 0) is 86.6 Å². The van der Waals surface area contributed by atoms with Crippen molar-refractivity contribution in [3.8, 4) is 11.1 Å². The number of halogens is 1. The van der Waals surface area contributed by atoms with Crippen LogP contribution in [0.1, 0.15) is 113 Å². The third-order valence-corrected chi connectivity index (χ3v) is 7.36. The number of hydrogen-bond donors (Lipinski definition) is 0. The number of unbranched alkanes of at least 4 members (excludes halogenated alkanes) is 3. The van der Waals surface area contributed by atoms with Crippen LogP contribution in [0.5, 0.6) is 0 Å². The zero-order valence-electron chi connectivity index (χ0n) is 22.7. The van der Waals surface area contributed by atoms with E-state index in [1.165, 1.54) is 24.8 Å². The van der Waals surface area contributed by atoms with E-state index < -0.39 is 12.1 Å². The molecule has 2 aromatic rings. The lowest BCUT2D eigenvalue weighted by atomic mass is 9.82. The first kappa shape index (κ1) is 28.9. The Labute approximate surface area is 221 Å². The molecule has 0 aliphatic heterocycles. The van der Waals surface area contributed by atoms with E-state index in [-0.39, 0.29) is 24.6 Å². The molecule has 4 nitrogen and oxygen atoms in total. The van der Waals surface area contributed by atoms with E-state index >= 15 is 0 Å². The average molecular weight is 511 g/mol. The van der Waals surface area contributed by atoms with Gasteiger partial charge in [-0.15, -0.1) is 0 Å². The second-order valence-electron chi connectivity index (χ2n) is 10.4. The van der Waals surface area contributed by atoms with Crippen molar-refractivity contribution in [2.75, 3.05) is 0 Å². The first-order chi connectivity index (χ1) is 17.9. The van der Waals surface area contributed by atoms with Gasteiger partial charge < -0.3 is 9.47 Å². The number of esters is 2. The van der Waals surface area contributed by atoms with Crippen LogP contribution in [0.15, 0.2) is 48.5 Å². The van der Waals surface area contributed by atoms with E-state index in [1.807, 2.05) is 38.1 Å². The zero-order valence-corrected chi connectivity index (χ0v) is 22.7. The first-order valence-corrected chi connectivity index (χ1v) is 14.2. The fourth-order valence-electron chi connectivity index (χ4n) is 5.04. The van der Waals surface area contributed by atoms with Crippen LogP contribution in [0.2, 0.25) is 0 Å². The van der Waals surface area contributed by atoms with E-state index in [1.54, 1.807) is 0 Å². The van der Waals surface area contributed by atoms with Crippen molar-refractivity contribution < 1.29 is 23.5 Å². The molecule has 1 fully saturated rings. The molecule has 0 N–H and O–H groups in total. The highest BCUT2D eigenvalue weighted by atomic mass is 19.1. The van der Waals surface area contributed by atoms with Gasteiger partial charge in [-0.3, -0.25) is 0 Å². The van der Waals surface area contributed by atoms with Crippen LogP contribution in [-0.4, -0.2) is 30.3 Å². The monoisotopic (exact) mass is 510 g/mol. The van der Waals surface area contributed by atoms with Crippen molar-refractivity contribution >= 4 is 11.9 Å². The van der Waals surface area contributed by atoms with E-state index in [2.05, 4.69) is 31.2 Å². The third-order valence-electron chi connectivity index (χ3n) is 7.36. The van der Waals surface area contributed by atoms with Crippen LogP contribution in [0.4, 0.5) is 4.39 Å². The van der Waals surface area contributed by atoms with Gasteiger partial charge in [0.1, 0.15) is 6.10 Å². The van der Waals surface area contributed by atoms with Gasteiger partial charge >= 0.3 is 11.9 Å². The molecule has 1 saturated carbocycles. The quantitative estimate of drug-likeness (QED) is 0.200. The van der Waals surface area contributed by atoms with Gasteiger partial charge in [0.25, 0.3) is 0 Å². The molecule has 0 aromatic heterocycles. The number of alkyl halides is 1. The van der Waals surface area contributed by atoms with Crippen molar-refractivity contribution in [3.63, 3.8) is 0 Å². The fraction of sp³-hybridized carbons (Fsp3) is 0.562. The van der Waals surface area contributed by atoms with Crippen LogP contribution in [0.25, 0.3) is 11.1 Å². The molecule has 1 aliphatic rings. The number of carbonyl (C=O) groups is 2. The molecular formula is C32H43FO4. The summed E-state index contributed by atoms with van der Waals surface area (Å²) in [4.78, 5) is 24.4. The van der Waals surface area contributed by atoms with Crippen molar-refractivity contribution in [2.24, 2.45) is 0 Å². The summed E-state index contributed by atoms with van der Waals surface area (Å²) in [5, 5.41) is 0. The number of hydrogen-bond acceptors (Lipinski definition) is 4. The summed E-state index contributed by atoms with van der Waals surface area (Å²) in [6, 6.07) is 16.2. The van der Waals surface area contributed by atoms with Gasteiger partial charge in [-0.1, -0.05) is 75.9 Å². The SMILES string of the molecule is CCCCCC[C@@H](C)OC(=O)c1ccc(-c2ccc(C3CCC(OC(=O)[C@@H](F)CCC)CC3)cc2)cc1. The molecule has 202 valence electrons. The number of rotatable bonds is 13. The maximum Gasteiger partial charge on any atom is 0.340 e. The first-order valence-electron chi connectivity index (χ1n) is 14.2. The lowest BCUT2D eigenvalue weighted by molar-refractivity contribution is -0.157. The van der Waals surface area contributed by atoms with Crippen molar-refractivity contribution in [2.45, 2.75) is 116 Å². The van der Waals surface area contributed by atoms with Crippen LogP contribution < -0.4 is 0 Å². The fourth-order valence-corrected chi connectivity index (χ4v) is 5.04. The van der Waals surface area contributed by atoms with Gasteiger partial charge in [0.2, 0.25) is 0 Å². The molecule has 2 atom stereocenters. The van der Waals surface area contributed by atoms with Crippen LogP contribution in [-0.2, 0) is 14.3 Å². The van der Waals surface area contributed by atoms with Gasteiger partial charge in [-0.2, -0.15) is 0 Å². The zero-order chi connectivity index (χ0) is 26.6. The summed E-state index contributed by atoms with van der Waals surface area (Å²) in [5.74, 6) is -0.550. The normalized spacial score (nSPS) is 19.1. The summed E-state index contributed by atoms with van der Waals surface area (Å²) in [5.41, 5.74) is 4.00. The summed E-state index contributed by atoms with van der Waals surface area (Å²) >= 11 is 0. The molecule has 3 rings (SSSR count). The lowest BCUT2D eigenvalue weighted by Crippen LogP contribution is -2.28. The summed E-state index contributed by atoms with van der Waals surface area (Å²) in [6.45, 7) is 6.01. The Bertz CT molecular complexity index is 961. The van der Waals surface area contributed by atoms with Crippen LogP contribution in [0, 0.1) is 0 Å². The van der Waals surface area contributed by atoms with Gasteiger partial charge in [0.05, 0.1) is 11.7 Å². The molecule has 0 unspecified atom stereocenters. The van der Waals surface area contributed by atoms with Crippen molar-refractivity contribution in [1.29, 1.82) is 0 Å². The Morgan fingerprint density at radius 1 is 0.838 bits per heavy atom. The third kappa shape index (κ3) is 8.98. The maximum absolute atomic E-state index is 13.7. The molecule has 0 bridgehead atoms. The maximum atomic E-state index is 13.7. The van der Waals surface area contributed by atoms with E-state index in [4.69, 9.17) is 9.47 Å². The molecule has 0 amide bonds. The highest BCUT2D eigenvalue weighted by molar-refractivity contribution is 5.90. The topological polar surface area (TPSA) is 52.6 Å². The van der Waals surface area contributed by atoms with Crippen molar-refractivity contribution in [1.82, 2.24) is 0 Å². The molecule has 0 heterocycles. The lowest BCUT2D eigenvalue weighted by Gasteiger charge is -2.29. The minimum absolute atomic E-state index is 0.0691. The Morgan fingerprint density at radius 2 is 1.46 bits per heavy atom. The Morgan fingerprint density at radius 3 is 2.05 bits per heavy atom. The molecule has 5 heteroatoms. The van der Waals surface area contributed by atoms with Crippen molar-refractivity contribution in [3.05, 3.63) is 59.7 Å². The predicted molar refractivity (Wildman–Crippen MR) is 146 cm³/mol. The molecular weight excluding hydrogens is 467 g/mol. The summed E-state index contributed by atoms with van der Waals surface area (Å²) in [6.07, 6.45) is 8.11. The van der Waals surface area contributed by atoms with Crippen LogP contribution in [0.3, 0.4) is 0 Å². The molecule has 0 radical (unpaired) electrons. The van der Waals surface area contributed by atoms with E-state index in [0.29, 0.717) is 17.9 Å². The Hall–Kier alpha value is -2.69. The number of carbonyl (C=O) groups excluding carboxylic acids is 2. The minimum atomic E-state index is -1.50.